The Morgan fingerprint density at radius 3 is 2.50 bits per heavy atom. The van der Waals surface area contributed by atoms with Crippen molar-refractivity contribution in [1.29, 1.82) is 0 Å². The van der Waals surface area contributed by atoms with Crippen LogP contribution in [0.15, 0.2) is 47.3 Å². The lowest BCUT2D eigenvalue weighted by Gasteiger charge is -2.22. The van der Waals surface area contributed by atoms with E-state index in [9.17, 15) is 18.8 Å². The Morgan fingerprint density at radius 2 is 1.84 bits per heavy atom. The summed E-state index contributed by atoms with van der Waals surface area (Å²) in [6.07, 6.45) is -0.899. The molecule has 2 aromatic carbocycles. The van der Waals surface area contributed by atoms with Crippen LogP contribution in [0.5, 0.6) is 0 Å². The van der Waals surface area contributed by atoms with Crippen LogP contribution < -0.4 is 16.3 Å². The van der Waals surface area contributed by atoms with Gasteiger partial charge in [0.1, 0.15) is 11.4 Å². The van der Waals surface area contributed by atoms with Crippen LogP contribution in [0.3, 0.4) is 0 Å². The number of aromatic nitrogens is 1. The molecule has 9 heteroatoms. The zero-order valence-electron chi connectivity index (χ0n) is 18.1. The van der Waals surface area contributed by atoms with Gasteiger partial charge in [0.15, 0.2) is 0 Å². The SMILES string of the molecule is Cc1c(C(=O)NCc2cccc(I)c2)c2cccc(F)c2c(=O)n1NC(=O)OC(C)(C)C. The van der Waals surface area contributed by atoms with E-state index in [1.54, 1.807) is 20.8 Å². The van der Waals surface area contributed by atoms with E-state index >= 15 is 0 Å². The van der Waals surface area contributed by atoms with Crippen LogP contribution in [-0.2, 0) is 11.3 Å². The smallest absolute Gasteiger partial charge is 0.427 e. The molecule has 1 heterocycles. The molecule has 0 aliphatic rings. The highest BCUT2D eigenvalue weighted by Gasteiger charge is 2.24. The van der Waals surface area contributed by atoms with Crippen molar-refractivity contribution in [2.24, 2.45) is 0 Å². The second-order valence-corrected chi connectivity index (χ2v) is 9.44. The van der Waals surface area contributed by atoms with E-state index in [0.717, 1.165) is 19.9 Å². The van der Waals surface area contributed by atoms with Crippen molar-refractivity contribution in [2.45, 2.75) is 39.8 Å². The fourth-order valence-corrected chi connectivity index (χ4v) is 3.86. The van der Waals surface area contributed by atoms with Crippen LogP contribution in [-0.4, -0.2) is 22.3 Å². The summed E-state index contributed by atoms with van der Waals surface area (Å²) in [6, 6.07) is 11.7. The number of carbonyl (C=O) groups excluding carboxylic acids is 2. The average Bonchev–Trinajstić information content (AvgIpc) is 2.68. The maximum atomic E-state index is 14.6. The number of fused-ring (bicyclic) bond motifs is 1. The number of pyridine rings is 1. The minimum atomic E-state index is -0.899. The van der Waals surface area contributed by atoms with Crippen LogP contribution in [0, 0.1) is 16.3 Å². The van der Waals surface area contributed by atoms with E-state index in [-0.39, 0.29) is 28.6 Å². The summed E-state index contributed by atoms with van der Waals surface area (Å²) in [5.41, 5.74) is 1.85. The van der Waals surface area contributed by atoms with Gasteiger partial charge in [-0.05, 0) is 74.0 Å². The molecule has 0 spiro atoms. The summed E-state index contributed by atoms with van der Waals surface area (Å²) in [6.45, 7) is 6.76. The highest BCUT2D eigenvalue weighted by molar-refractivity contribution is 14.1. The van der Waals surface area contributed by atoms with Crippen molar-refractivity contribution in [3.05, 3.63) is 79.0 Å². The lowest BCUT2D eigenvalue weighted by molar-refractivity contribution is 0.0610. The fraction of sp³-hybridized carbons (Fsp3) is 0.261. The molecule has 0 bridgehead atoms. The Bertz CT molecular complexity index is 1260. The molecule has 0 saturated carbocycles. The molecule has 168 valence electrons. The number of nitrogens with one attached hydrogen (secondary N) is 2. The number of benzene rings is 2. The molecule has 32 heavy (non-hydrogen) atoms. The maximum absolute atomic E-state index is 14.6. The minimum Gasteiger partial charge on any atom is -0.443 e. The number of halogens is 2. The Labute approximate surface area is 198 Å². The molecule has 0 aliphatic heterocycles. The maximum Gasteiger partial charge on any atom is 0.427 e. The summed E-state index contributed by atoms with van der Waals surface area (Å²) in [4.78, 5) is 38.4. The van der Waals surface area contributed by atoms with Crippen LogP contribution in [0.2, 0.25) is 0 Å². The van der Waals surface area contributed by atoms with E-state index in [4.69, 9.17) is 4.74 Å². The molecule has 0 aliphatic carbocycles. The summed E-state index contributed by atoms with van der Waals surface area (Å²) in [7, 11) is 0. The quantitative estimate of drug-likeness (QED) is 0.469. The number of rotatable bonds is 4. The zero-order valence-corrected chi connectivity index (χ0v) is 20.2. The highest BCUT2D eigenvalue weighted by atomic mass is 127. The molecule has 0 saturated heterocycles. The lowest BCUT2D eigenvalue weighted by Crippen LogP contribution is -2.40. The first-order valence-corrected chi connectivity index (χ1v) is 10.9. The molecule has 0 radical (unpaired) electrons. The summed E-state index contributed by atoms with van der Waals surface area (Å²) in [5.74, 6) is -1.30. The largest absolute Gasteiger partial charge is 0.443 e. The first kappa shape index (κ1) is 23.7. The summed E-state index contributed by atoms with van der Waals surface area (Å²) >= 11 is 2.18. The van der Waals surface area contributed by atoms with Crippen LogP contribution in [0.1, 0.15) is 42.4 Å². The van der Waals surface area contributed by atoms with E-state index in [0.29, 0.717) is 0 Å². The molecule has 0 fully saturated rings. The Morgan fingerprint density at radius 1 is 1.16 bits per heavy atom. The van der Waals surface area contributed by atoms with Crippen molar-refractivity contribution in [1.82, 2.24) is 9.99 Å². The van der Waals surface area contributed by atoms with Gasteiger partial charge in [-0.15, -0.1) is 0 Å². The third kappa shape index (κ3) is 5.26. The van der Waals surface area contributed by atoms with Gasteiger partial charge < -0.3 is 10.1 Å². The van der Waals surface area contributed by atoms with Gasteiger partial charge in [0.05, 0.1) is 16.6 Å². The van der Waals surface area contributed by atoms with Crippen LogP contribution >= 0.6 is 22.6 Å². The zero-order chi connectivity index (χ0) is 23.6. The first-order chi connectivity index (χ1) is 15.0. The molecular weight excluding hydrogens is 528 g/mol. The van der Waals surface area contributed by atoms with Gasteiger partial charge in [0.2, 0.25) is 0 Å². The van der Waals surface area contributed by atoms with E-state index in [1.165, 1.54) is 19.1 Å². The van der Waals surface area contributed by atoms with Crippen molar-refractivity contribution in [2.75, 3.05) is 5.43 Å². The van der Waals surface area contributed by atoms with E-state index in [2.05, 4.69) is 33.3 Å². The van der Waals surface area contributed by atoms with Gasteiger partial charge in [-0.25, -0.2) is 19.3 Å². The van der Waals surface area contributed by atoms with Crippen molar-refractivity contribution in [3.63, 3.8) is 0 Å². The molecule has 2 N–H and O–H groups in total. The second-order valence-electron chi connectivity index (χ2n) is 8.19. The fourth-order valence-electron chi connectivity index (χ4n) is 3.25. The molecule has 1 aromatic heterocycles. The van der Waals surface area contributed by atoms with Crippen LogP contribution in [0.25, 0.3) is 10.8 Å². The molecule has 2 amide bonds. The standard InChI is InChI=1S/C23H23FIN3O4/c1-13-18(20(29)26-12-14-7-5-8-15(25)11-14)16-9-6-10-17(24)19(16)21(30)28(13)27-22(31)32-23(2,3)4/h5-11H,12H2,1-4H3,(H,26,29)(H,27,31). The third-order valence-electron chi connectivity index (χ3n) is 4.57. The number of ether oxygens (including phenoxy) is 1. The van der Waals surface area contributed by atoms with Gasteiger partial charge in [-0.2, -0.15) is 0 Å². The predicted molar refractivity (Wildman–Crippen MR) is 129 cm³/mol. The summed E-state index contributed by atoms with van der Waals surface area (Å²) < 4.78 is 21.7. The average molecular weight is 551 g/mol. The van der Waals surface area contributed by atoms with Gasteiger partial charge >= 0.3 is 6.09 Å². The number of carbonyl (C=O) groups is 2. The molecule has 3 rings (SSSR count). The summed E-state index contributed by atoms with van der Waals surface area (Å²) in [5, 5.41) is 2.67. The Balaban J connectivity index is 2.06. The number of hydrogen-bond donors (Lipinski definition) is 2. The third-order valence-corrected chi connectivity index (χ3v) is 5.24. The topological polar surface area (TPSA) is 89.4 Å². The molecular formula is C23H23FIN3O4. The van der Waals surface area contributed by atoms with Gasteiger partial charge in [0.25, 0.3) is 11.5 Å². The minimum absolute atomic E-state index is 0.0841. The van der Waals surface area contributed by atoms with Crippen LogP contribution in [0.4, 0.5) is 9.18 Å². The molecule has 0 atom stereocenters. The number of nitrogens with zero attached hydrogens (tertiary/aromatic N) is 1. The first-order valence-electron chi connectivity index (χ1n) is 9.84. The van der Waals surface area contributed by atoms with Crippen molar-refractivity contribution >= 4 is 45.4 Å². The Kier molecular flexibility index (Phi) is 6.87. The van der Waals surface area contributed by atoms with Crippen molar-refractivity contribution < 1.29 is 18.7 Å². The normalized spacial score (nSPS) is 11.3. The predicted octanol–water partition coefficient (Wildman–Crippen LogP) is 4.46. The molecule has 3 aromatic rings. The van der Waals surface area contributed by atoms with Gasteiger partial charge in [-0.3, -0.25) is 9.59 Å². The lowest BCUT2D eigenvalue weighted by atomic mass is 10.0. The van der Waals surface area contributed by atoms with Crippen molar-refractivity contribution in [3.8, 4) is 0 Å². The second kappa shape index (κ2) is 9.27. The Hall–Kier alpha value is -2.95. The van der Waals surface area contributed by atoms with E-state index < -0.39 is 29.0 Å². The molecule has 7 nitrogen and oxygen atoms in total. The molecule has 0 unspecified atom stereocenters. The highest BCUT2D eigenvalue weighted by Crippen LogP contribution is 2.22. The van der Waals surface area contributed by atoms with Gasteiger partial charge in [0, 0.05) is 15.5 Å². The van der Waals surface area contributed by atoms with Gasteiger partial charge in [-0.1, -0.05) is 24.3 Å². The van der Waals surface area contributed by atoms with E-state index in [1.807, 2.05) is 24.3 Å². The number of amides is 2. The monoisotopic (exact) mass is 551 g/mol. The number of hydrogen-bond acceptors (Lipinski definition) is 4.